The Hall–Kier alpha value is -3.77. The monoisotopic (exact) mass is 561 g/mol. The molecule has 0 atom stereocenters. The molecule has 0 bridgehead atoms. The minimum absolute atomic E-state index is 0.292. The molecule has 3 aromatic rings. The summed E-state index contributed by atoms with van der Waals surface area (Å²) in [7, 11) is 1.94. The number of hydrogen-bond donors (Lipinski definition) is 1. The predicted molar refractivity (Wildman–Crippen MR) is 144 cm³/mol. The van der Waals surface area contributed by atoms with Gasteiger partial charge in [-0.3, -0.25) is 4.98 Å². The number of fused-ring (bicyclic) bond motifs is 3. The number of pyridine rings is 1. The number of carbonyl (C=O) groups is 1. The highest BCUT2D eigenvalue weighted by atomic mass is 19.4. The topological polar surface area (TPSA) is 97.1 Å². The normalized spacial score (nSPS) is 16.6. The van der Waals surface area contributed by atoms with Gasteiger partial charge in [0, 0.05) is 38.4 Å². The summed E-state index contributed by atoms with van der Waals surface area (Å²) in [6.07, 6.45) is -2.13. The van der Waals surface area contributed by atoms with E-state index in [9.17, 15) is 18.0 Å². The lowest BCUT2D eigenvalue weighted by molar-refractivity contribution is -0.141. The van der Waals surface area contributed by atoms with Gasteiger partial charge in [0.2, 0.25) is 0 Å². The molecule has 40 heavy (non-hydrogen) atoms. The average molecular weight is 562 g/mol. The summed E-state index contributed by atoms with van der Waals surface area (Å²) >= 11 is 0. The van der Waals surface area contributed by atoms with Crippen molar-refractivity contribution in [1.29, 1.82) is 0 Å². The Labute approximate surface area is 230 Å². The van der Waals surface area contributed by atoms with E-state index in [0.717, 1.165) is 30.8 Å². The minimum Gasteiger partial charge on any atom is -0.486 e. The second-order valence-corrected chi connectivity index (χ2v) is 11.3. The number of hydrogen-bond acceptors (Lipinski definition) is 8. The molecular formula is C27H34F3N7O3. The summed E-state index contributed by atoms with van der Waals surface area (Å²) < 4.78 is 53.3. The van der Waals surface area contributed by atoms with Gasteiger partial charge in [-0.25, -0.2) is 14.3 Å². The molecule has 10 nitrogen and oxygen atoms in total. The fourth-order valence-electron chi connectivity index (χ4n) is 5.08. The number of alkyl halides is 3. The van der Waals surface area contributed by atoms with Crippen LogP contribution in [0.5, 0.6) is 5.75 Å². The number of nitrogens with zero attached hydrogens (tertiary/aromatic N) is 6. The molecule has 5 rings (SSSR count). The van der Waals surface area contributed by atoms with Crippen LogP contribution in [0.1, 0.15) is 45.0 Å². The zero-order valence-electron chi connectivity index (χ0n) is 23.3. The summed E-state index contributed by atoms with van der Waals surface area (Å²) in [5.41, 5.74) is 0.951. The SMILES string of the molecule is Cc1nc2c3c(c(NCC4CCN(C(=O)OC(C)(C)C)CC4)nn2c1-c1ccnc(C(F)(F)F)c1)N(C)CCO3. The van der Waals surface area contributed by atoms with E-state index in [1.54, 1.807) is 16.3 Å². The summed E-state index contributed by atoms with van der Waals surface area (Å²) in [6.45, 7) is 10.2. The van der Waals surface area contributed by atoms with Crippen molar-refractivity contribution < 1.29 is 27.4 Å². The number of carbonyl (C=O) groups excluding carboxylic acids is 1. The van der Waals surface area contributed by atoms with Crippen molar-refractivity contribution in [2.24, 2.45) is 5.92 Å². The van der Waals surface area contributed by atoms with Gasteiger partial charge in [0.1, 0.15) is 23.6 Å². The number of nitrogens with one attached hydrogen (secondary N) is 1. The van der Waals surface area contributed by atoms with Crippen LogP contribution in [0.2, 0.25) is 0 Å². The van der Waals surface area contributed by atoms with E-state index in [2.05, 4.69) is 15.3 Å². The molecule has 1 amide bonds. The highest BCUT2D eigenvalue weighted by Crippen LogP contribution is 2.42. The number of likely N-dealkylation sites (N-methyl/N-ethyl adjacent to an activating group) is 1. The Morgan fingerprint density at radius 3 is 2.60 bits per heavy atom. The van der Waals surface area contributed by atoms with E-state index in [-0.39, 0.29) is 6.09 Å². The number of aryl methyl sites for hydroxylation is 1. The maximum atomic E-state index is 13.4. The molecule has 1 saturated heterocycles. The van der Waals surface area contributed by atoms with Crippen molar-refractivity contribution in [3.05, 3.63) is 29.7 Å². The maximum absolute atomic E-state index is 13.4. The van der Waals surface area contributed by atoms with Gasteiger partial charge < -0.3 is 24.6 Å². The van der Waals surface area contributed by atoms with Crippen LogP contribution >= 0.6 is 0 Å². The van der Waals surface area contributed by atoms with Gasteiger partial charge >= 0.3 is 12.3 Å². The van der Waals surface area contributed by atoms with Crippen LogP contribution in [0, 0.1) is 12.8 Å². The zero-order valence-corrected chi connectivity index (χ0v) is 23.3. The lowest BCUT2D eigenvalue weighted by atomic mass is 9.97. The number of amides is 1. The Kier molecular flexibility index (Phi) is 7.17. The molecule has 0 unspecified atom stereocenters. The average Bonchev–Trinajstić information content (AvgIpc) is 3.22. The fraction of sp³-hybridized carbons (Fsp3) is 0.556. The highest BCUT2D eigenvalue weighted by molar-refractivity contribution is 5.83. The molecule has 2 aliphatic rings. The number of piperidine rings is 1. The molecule has 0 radical (unpaired) electrons. The van der Waals surface area contributed by atoms with Crippen LogP contribution < -0.4 is 15.0 Å². The third-order valence-corrected chi connectivity index (χ3v) is 7.07. The quantitative estimate of drug-likeness (QED) is 0.475. The second-order valence-electron chi connectivity index (χ2n) is 11.3. The largest absolute Gasteiger partial charge is 0.486 e. The Morgan fingerprint density at radius 1 is 1.20 bits per heavy atom. The van der Waals surface area contributed by atoms with Crippen molar-refractivity contribution in [2.45, 2.75) is 52.3 Å². The molecule has 0 aliphatic carbocycles. The van der Waals surface area contributed by atoms with Crippen molar-refractivity contribution in [2.75, 3.05) is 50.1 Å². The Balaban J connectivity index is 1.43. The number of aromatic nitrogens is 4. The fourth-order valence-corrected chi connectivity index (χ4v) is 5.08. The molecule has 5 heterocycles. The second kappa shape index (κ2) is 10.3. The summed E-state index contributed by atoms with van der Waals surface area (Å²) in [4.78, 5) is 24.3. The van der Waals surface area contributed by atoms with Gasteiger partial charge in [-0.1, -0.05) is 0 Å². The molecule has 0 spiro atoms. The van der Waals surface area contributed by atoms with Gasteiger partial charge in [0.15, 0.2) is 17.2 Å². The molecular weight excluding hydrogens is 527 g/mol. The van der Waals surface area contributed by atoms with Crippen molar-refractivity contribution >= 4 is 23.2 Å². The van der Waals surface area contributed by atoms with Crippen LogP contribution in [-0.4, -0.2) is 76.0 Å². The Morgan fingerprint density at radius 2 is 1.93 bits per heavy atom. The smallest absolute Gasteiger partial charge is 0.433 e. The minimum atomic E-state index is -4.57. The maximum Gasteiger partial charge on any atom is 0.433 e. The van der Waals surface area contributed by atoms with Crippen LogP contribution in [0.25, 0.3) is 16.9 Å². The first kappa shape index (κ1) is 27.8. The predicted octanol–water partition coefficient (Wildman–Crippen LogP) is 5.01. The number of halogens is 3. The summed E-state index contributed by atoms with van der Waals surface area (Å²) in [6, 6.07) is 2.53. The number of rotatable bonds is 4. The number of imidazole rings is 1. The summed E-state index contributed by atoms with van der Waals surface area (Å²) in [5.74, 6) is 1.38. The number of ether oxygens (including phenoxy) is 2. The molecule has 0 saturated carbocycles. The zero-order chi connectivity index (χ0) is 28.8. The van der Waals surface area contributed by atoms with Gasteiger partial charge in [-0.2, -0.15) is 13.2 Å². The first-order chi connectivity index (χ1) is 18.8. The molecule has 0 aromatic carbocycles. The van der Waals surface area contributed by atoms with E-state index in [0.29, 0.717) is 72.9 Å². The van der Waals surface area contributed by atoms with Crippen LogP contribution in [0.15, 0.2) is 18.3 Å². The first-order valence-corrected chi connectivity index (χ1v) is 13.3. The standard InChI is InChI=1S/C27H34F3N7O3/c1-16-20(18-6-9-31-19(14-18)27(28,29)30)37-24(33-16)22-21(35(5)12-13-39-22)23(34-37)32-15-17-7-10-36(11-8-17)25(38)40-26(2,3)4/h6,9,14,17H,7-8,10-13,15H2,1-5H3,(H,32,34). The molecule has 216 valence electrons. The summed E-state index contributed by atoms with van der Waals surface area (Å²) in [5, 5.41) is 8.29. The molecule has 3 aromatic heterocycles. The van der Waals surface area contributed by atoms with E-state index < -0.39 is 17.5 Å². The highest BCUT2D eigenvalue weighted by Gasteiger charge is 2.34. The third-order valence-electron chi connectivity index (χ3n) is 7.07. The van der Waals surface area contributed by atoms with Crippen LogP contribution in [-0.2, 0) is 10.9 Å². The molecule has 1 fully saturated rings. The Bertz CT molecular complexity index is 1410. The van der Waals surface area contributed by atoms with Gasteiger partial charge in [-0.05, 0) is 58.6 Å². The van der Waals surface area contributed by atoms with Crippen molar-refractivity contribution in [3.8, 4) is 17.0 Å². The molecule has 13 heteroatoms. The van der Waals surface area contributed by atoms with E-state index in [1.807, 2.05) is 32.7 Å². The van der Waals surface area contributed by atoms with Gasteiger partial charge in [0.25, 0.3) is 0 Å². The van der Waals surface area contributed by atoms with E-state index in [4.69, 9.17) is 14.6 Å². The first-order valence-electron chi connectivity index (χ1n) is 13.3. The van der Waals surface area contributed by atoms with E-state index in [1.165, 1.54) is 6.07 Å². The van der Waals surface area contributed by atoms with E-state index >= 15 is 0 Å². The third kappa shape index (κ3) is 5.59. The number of anilines is 2. The lowest BCUT2D eigenvalue weighted by Gasteiger charge is -2.34. The number of likely N-dealkylation sites (tertiary alicyclic amines) is 1. The lowest BCUT2D eigenvalue weighted by Crippen LogP contribution is -2.42. The van der Waals surface area contributed by atoms with Crippen molar-refractivity contribution in [3.63, 3.8) is 0 Å². The molecule has 2 aliphatic heterocycles. The van der Waals surface area contributed by atoms with Crippen LogP contribution in [0.4, 0.5) is 29.5 Å². The molecule has 1 N–H and O–H groups in total. The van der Waals surface area contributed by atoms with Gasteiger partial charge in [-0.15, -0.1) is 5.10 Å². The van der Waals surface area contributed by atoms with Crippen molar-refractivity contribution in [1.82, 2.24) is 24.5 Å². The van der Waals surface area contributed by atoms with Gasteiger partial charge in [0.05, 0.1) is 17.9 Å². The van der Waals surface area contributed by atoms with Crippen LogP contribution in [0.3, 0.4) is 0 Å².